The molecule has 0 aliphatic carbocycles. The number of benzene rings is 1. The quantitative estimate of drug-likeness (QED) is 0.408. The van der Waals surface area contributed by atoms with Crippen molar-refractivity contribution in [2.24, 2.45) is 0 Å². The fourth-order valence-electron chi connectivity index (χ4n) is 2.85. The zero-order chi connectivity index (χ0) is 18.1. The Labute approximate surface area is 147 Å². The highest BCUT2D eigenvalue weighted by Crippen LogP contribution is 2.34. The van der Waals surface area contributed by atoms with Gasteiger partial charge in [0.2, 0.25) is 0 Å². The van der Waals surface area contributed by atoms with Gasteiger partial charge in [0.05, 0.1) is 0 Å². The van der Waals surface area contributed by atoms with E-state index in [1.807, 2.05) is 13.0 Å². The molecule has 0 atom stereocenters. The van der Waals surface area contributed by atoms with Crippen molar-refractivity contribution in [2.75, 3.05) is 0 Å². The van der Waals surface area contributed by atoms with Crippen molar-refractivity contribution in [3.05, 3.63) is 46.1 Å². The number of unbranched alkanes of at least 4 members (excludes halogenated alkanes) is 2. The maximum absolute atomic E-state index is 10.5. The van der Waals surface area contributed by atoms with Crippen LogP contribution in [-0.4, -0.2) is 10.2 Å². The summed E-state index contributed by atoms with van der Waals surface area (Å²) < 4.78 is 0. The number of hydrogen-bond acceptors (Lipinski definition) is 2. The minimum absolute atomic E-state index is 0.220. The average Bonchev–Trinajstić information content (AvgIpc) is 2.51. The minimum Gasteiger partial charge on any atom is -0.508 e. The first-order valence-corrected chi connectivity index (χ1v) is 9.19. The molecule has 0 saturated carbocycles. The van der Waals surface area contributed by atoms with E-state index in [0.717, 1.165) is 36.8 Å². The predicted octanol–water partition coefficient (Wildman–Crippen LogP) is 6.37. The van der Waals surface area contributed by atoms with Crippen LogP contribution < -0.4 is 0 Å². The molecule has 0 spiro atoms. The number of aromatic hydroxyl groups is 2. The van der Waals surface area contributed by atoms with Gasteiger partial charge in [-0.1, -0.05) is 43.1 Å². The summed E-state index contributed by atoms with van der Waals surface area (Å²) in [4.78, 5) is 0. The normalized spacial score (nSPS) is 11.6. The van der Waals surface area contributed by atoms with Crippen LogP contribution in [0.3, 0.4) is 0 Å². The summed E-state index contributed by atoms with van der Waals surface area (Å²) in [7, 11) is 0. The van der Waals surface area contributed by atoms with E-state index in [-0.39, 0.29) is 11.5 Å². The van der Waals surface area contributed by atoms with Gasteiger partial charge in [0.1, 0.15) is 11.5 Å². The van der Waals surface area contributed by atoms with Crippen molar-refractivity contribution in [3.8, 4) is 11.5 Å². The Morgan fingerprint density at radius 2 is 1.79 bits per heavy atom. The lowest BCUT2D eigenvalue weighted by molar-refractivity contribution is 0.436. The molecule has 1 rings (SSSR count). The molecule has 0 aliphatic rings. The fourth-order valence-corrected chi connectivity index (χ4v) is 2.85. The Balaban J connectivity index is 2.81. The van der Waals surface area contributed by atoms with Crippen molar-refractivity contribution in [2.45, 2.75) is 79.6 Å². The highest BCUT2D eigenvalue weighted by Gasteiger charge is 2.13. The van der Waals surface area contributed by atoms with Crippen LogP contribution in [0.2, 0.25) is 0 Å². The van der Waals surface area contributed by atoms with Crippen molar-refractivity contribution >= 4 is 0 Å². The van der Waals surface area contributed by atoms with Crippen LogP contribution in [0.5, 0.6) is 11.5 Å². The number of phenols is 2. The third-order valence-electron chi connectivity index (χ3n) is 4.54. The Kier molecular flexibility index (Phi) is 8.67. The van der Waals surface area contributed by atoms with Gasteiger partial charge in [-0.25, -0.2) is 0 Å². The molecule has 2 N–H and O–H groups in total. The molecule has 0 aromatic heterocycles. The van der Waals surface area contributed by atoms with Crippen LogP contribution in [0, 0.1) is 6.92 Å². The van der Waals surface area contributed by atoms with Gasteiger partial charge in [-0.3, -0.25) is 0 Å². The number of hydrogen-bond donors (Lipinski definition) is 2. The van der Waals surface area contributed by atoms with Crippen LogP contribution in [-0.2, 0) is 12.8 Å². The monoisotopic (exact) mass is 330 g/mol. The molecule has 24 heavy (non-hydrogen) atoms. The molecule has 1 aromatic rings. The standard InChI is InChI=1S/C22H34O2/c1-6-7-8-12-19-15-21(23)20(22(24)18(19)5)14-13-17(4)11-9-10-16(2)3/h10,13,15,23-24H,6-9,11-12,14H2,1-5H3. The molecule has 2 nitrogen and oxygen atoms in total. The van der Waals surface area contributed by atoms with Gasteiger partial charge in [-0.15, -0.1) is 0 Å². The molecule has 0 amide bonds. The second-order valence-electron chi connectivity index (χ2n) is 7.04. The van der Waals surface area contributed by atoms with E-state index in [0.29, 0.717) is 12.0 Å². The van der Waals surface area contributed by atoms with Gasteiger partial charge >= 0.3 is 0 Å². The lowest BCUT2D eigenvalue weighted by atomic mass is 9.95. The third-order valence-corrected chi connectivity index (χ3v) is 4.54. The van der Waals surface area contributed by atoms with E-state index in [1.165, 1.54) is 24.0 Å². The Bertz CT molecular complexity index is 590. The van der Waals surface area contributed by atoms with Gasteiger partial charge in [-0.2, -0.15) is 0 Å². The van der Waals surface area contributed by atoms with E-state index >= 15 is 0 Å². The highest BCUT2D eigenvalue weighted by atomic mass is 16.3. The van der Waals surface area contributed by atoms with Gasteiger partial charge in [0.15, 0.2) is 0 Å². The predicted molar refractivity (Wildman–Crippen MR) is 104 cm³/mol. The lowest BCUT2D eigenvalue weighted by Crippen LogP contribution is -1.95. The molecule has 2 heteroatoms. The summed E-state index contributed by atoms with van der Waals surface area (Å²) in [5, 5.41) is 20.8. The first-order valence-electron chi connectivity index (χ1n) is 9.19. The number of aryl methyl sites for hydroxylation is 1. The van der Waals surface area contributed by atoms with E-state index < -0.39 is 0 Å². The second kappa shape index (κ2) is 10.2. The Hall–Kier alpha value is -1.70. The Morgan fingerprint density at radius 3 is 2.42 bits per heavy atom. The van der Waals surface area contributed by atoms with E-state index in [2.05, 4.69) is 39.8 Å². The van der Waals surface area contributed by atoms with Crippen LogP contribution in [0.1, 0.15) is 76.5 Å². The van der Waals surface area contributed by atoms with Crippen LogP contribution in [0.15, 0.2) is 29.4 Å². The molecular formula is C22H34O2. The van der Waals surface area contributed by atoms with Gasteiger partial charge in [0, 0.05) is 5.56 Å². The van der Waals surface area contributed by atoms with Crippen molar-refractivity contribution in [1.82, 2.24) is 0 Å². The largest absolute Gasteiger partial charge is 0.508 e. The number of phenolic OH excluding ortho intramolecular Hbond substituents is 2. The summed E-state index contributed by atoms with van der Waals surface area (Å²) in [6.45, 7) is 10.5. The minimum atomic E-state index is 0.220. The number of rotatable bonds is 9. The molecule has 1 aromatic carbocycles. The first kappa shape index (κ1) is 20.3. The Morgan fingerprint density at radius 1 is 1.08 bits per heavy atom. The molecule has 0 saturated heterocycles. The second-order valence-corrected chi connectivity index (χ2v) is 7.04. The topological polar surface area (TPSA) is 40.5 Å². The highest BCUT2D eigenvalue weighted by molar-refractivity contribution is 5.53. The molecule has 0 heterocycles. The summed E-state index contributed by atoms with van der Waals surface area (Å²) in [6.07, 6.45) is 11.3. The van der Waals surface area contributed by atoms with Crippen LogP contribution in [0.4, 0.5) is 0 Å². The molecule has 0 radical (unpaired) electrons. The van der Waals surface area contributed by atoms with E-state index in [4.69, 9.17) is 0 Å². The van der Waals surface area contributed by atoms with Crippen molar-refractivity contribution in [3.63, 3.8) is 0 Å². The van der Waals surface area contributed by atoms with Gasteiger partial charge in [0.25, 0.3) is 0 Å². The third kappa shape index (κ3) is 6.43. The van der Waals surface area contributed by atoms with Crippen LogP contribution >= 0.6 is 0 Å². The zero-order valence-corrected chi connectivity index (χ0v) is 16.1. The molecule has 134 valence electrons. The van der Waals surface area contributed by atoms with Gasteiger partial charge in [-0.05, 0) is 77.0 Å². The SMILES string of the molecule is CCCCCc1cc(O)c(CC=C(C)CCC=C(C)C)c(O)c1C. The maximum atomic E-state index is 10.5. The fraction of sp³-hybridized carbons (Fsp3) is 0.545. The number of allylic oxidation sites excluding steroid dienone is 4. The lowest BCUT2D eigenvalue weighted by Gasteiger charge is -2.13. The van der Waals surface area contributed by atoms with Crippen LogP contribution in [0.25, 0.3) is 0 Å². The molecule has 0 unspecified atom stereocenters. The smallest absolute Gasteiger partial charge is 0.125 e. The average molecular weight is 331 g/mol. The summed E-state index contributed by atoms with van der Waals surface area (Å²) in [6, 6.07) is 1.84. The summed E-state index contributed by atoms with van der Waals surface area (Å²) in [5.41, 5.74) is 5.25. The molecule has 0 aliphatic heterocycles. The van der Waals surface area contributed by atoms with E-state index in [1.54, 1.807) is 0 Å². The zero-order valence-electron chi connectivity index (χ0n) is 16.1. The molecular weight excluding hydrogens is 296 g/mol. The van der Waals surface area contributed by atoms with Crippen molar-refractivity contribution in [1.29, 1.82) is 0 Å². The molecule has 0 fully saturated rings. The van der Waals surface area contributed by atoms with E-state index in [9.17, 15) is 10.2 Å². The summed E-state index contributed by atoms with van der Waals surface area (Å²) in [5.74, 6) is 0.479. The van der Waals surface area contributed by atoms with Crippen molar-refractivity contribution < 1.29 is 10.2 Å². The summed E-state index contributed by atoms with van der Waals surface area (Å²) >= 11 is 0. The maximum Gasteiger partial charge on any atom is 0.125 e. The molecule has 0 bridgehead atoms. The van der Waals surface area contributed by atoms with Gasteiger partial charge < -0.3 is 10.2 Å². The first-order chi connectivity index (χ1) is 11.4.